The van der Waals surface area contributed by atoms with E-state index >= 15 is 0 Å². The molecule has 0 radical (unpaired) electrons. The highest BCUT2D eigenvalue weighted by molar-refractivity contribution is 5.71. The average Bonchev–Trinajstić information content (AvgIpc) is 3.40. The number of hydrogen-bond acceptors (Lipinski definition) is 6. The van der Waals surface area contributed by atoms with Gasteiger partial charge in [0, 0.05) is 19.3 Å². The fourth-order valence-electron chi connectivity index (χ4n) is 8.39. The smallest absolute Gasteiger partial charge is 0.306 e. The van der Waals surface area contributed by atoms with Crippen LogP contribution in [0.5, 0.6) is 0 Å². The quantitative estimate of drug-likeness (QED) is 0.0261. The zero-order valence-corrected chi connectivity index (χ0v) is 48.3. The van der Waals surface area contributed by atoms with E-state index in [0.717, 1.165) is 103 Å². The molecule has 0 bridgehead atoms. The van der Waals surface area contributed by atoms with E-state index in [-0.39, 0.29) is 37.5 Å². The lowest BCUT2D eigenvalue weighted by atomic mass is 10.0. The molecule has 0 aliphatic carbocycles. The van der Waals surface area contributed by atoms with Crippen LogP contribution in [0.25, 0.3) is 0 Å². The van der Waals surface area contributed by atoms with Crippen LogP contribution in [0.3, 0.4) is 0 Å². The van der Waals surface area contributed by atoms with Crippen molar-refractivity contribution < 1.29 is 28.6 Å². The number of rotatable bonds is 55. The summed E-state index contributed by atoms with van der Waals surface area (Å²) in [6.45, 7) is 6.46. The summed E-state index contributed by atoms with van der Waals surface area (Å²) in [5, 5.41) is 0. The van der Waals surface area contributed by atoms with Gasteiger partial charge in [0.2, 0.25) is 0 Å². The molecule has 0 N–H and O–H groups in total. The lowest BCUT2D eigenvalue weighted by Gasteiger charge is -2.18. The Morgan fingerprint density at radius 3 is 0.851 bits per heavy atom. The summed E-state index contributed by atoms with van der Waals surface area (Å²) in [5.74, 6) is -0.943. The normalized spacial score (nSPS) is 12.9. The highest BCUT2D eigenvalue weighted by atomic mass is 16.6. The second-order valence-electron chi connectivity index (χ2n) is 20.2. The van der Waals surface area contributed by atoms with Crippen molar-refractivity contribution in [1.29, 1.82) is 0 Å². The van der Waals surface area contributed by atoms with Crippen molar-refractivity contribution >= 4 is 17.9 Å². The molecule has 0 saturated carbocycles. The first kappa shape index (κ1) is 70.1. The summed E-state index contributed by atoms with van der Waals surface area (Å²) in [7, 11) is 0. The van der Waals surface area contributed by atoms with Gasteiger partial charge in [-0.1, -0.05) is 265 Å². The maximum Gasteiger partial charge on any atom is 0.306 e. The minimum Gasteiger partial charge on any atom is -0.462 e. The Hall–Kier alpha value is -3.93. The Morgan fingerprint density at radius 1 is 0.284 bits per heavy atom. The highest BCUT2D eigenvalue weighted by Gasteiger charge is 2.19. The first-order valence-electron chi connectivity index (χ1n) is 30.9. The molecular weight excluding hydrogens is 913 g/mol. The Labute approximate surface area is 457 Å². The van der Waals surface area contributed by atoms with Crippen molar-refractivity contribution in [2.24, 2.45) is 0 Å². The third kappa shape index (κ3) is 59.0. The molecular formula is C68H114O6. The molecule has 0 saturated heterocycles. The summed E-state index contributed by atoms with van der Waals surface area (Å²) < 4.78 is 16.8. The van der Waals surface area contributed by atoms with Crippen molar-refractivity contribution in [1.82, 2.24) is 0 Å². The summed E-state index contributed by atoms with van der Waals surface area (Å²) in [4.78, 5) is 38.1. The van der Waals surface area contributed by atoms with E-state index < -0.39 is 6.10 Å². The van der Waals surface area contributed by atoms with Crippen molar-refractivity contribution in [2.45, 2.75) is 290 Å². The van der Waals surface area contributed by atoms with Gasteiger partial charge >= 0.3 is 17.9 Å². The molecule has 0 aliphatic heterocycles. The minimum atomic E-state index is -0.801. The van der Waals surface area contributed by atoms with Gasteiger partial charge in [0.25, 0.3) is 0 Å². The molecule has 6 nitrogen and oxygen atoms in total. The van der Waals surface area contributed by atoms with E-state index in [2.05, 4.69) is 130 Å². The van der Waals surface area contributed by atoms with Gasteiger partial charge in [-0.15, -0.1) is 0 Å². The molecule has 0 fully saturated rings. The summed E-state index contributed by atoms with van der Waals surface area (Å²) >= 11 is 0. The van der Waals surface area contributed by atoms with Gasteiger partial charge in [-0.25, -0.2) is 0 Å². The first-order valence-corrected chi connectivity index (χ1v) is 30.9. The number of carbonyl (C=O) groups is 3. The van der Waals surface area contributed by atoms with E-state index in [1.807, 2.05) is 0 Å². The number of hydrogen-bond donors (Lipinski definition) is 0. The van der Waals surface area contributed by atoms with E-state index in [1.165, 1.54) is 135 Å². The fourth-order valence-corrected chi connectivity index (χ4v) is 8.39. The zero-order chi connectivity index (χ0) is 53.6. The number of esters is 3. The molecule has 0 aromatic heterocycles. The maximum absolute atomic E-state index is 12.8. The van der Waals surface area contributed by atoms with Crippen LogP contribution < -0.4 is 0 Å². The second kappa shape index (κ2) is 61.6. The van der Waals surface area contributed by atoms with Gasteiger partial charge in [0.1, 0.15) is 13.2 Å². The van der Waals surface area contributed by atoms with Crippen LogP contribution in [0.2, 0.25) is 0 Å². The van der Waals surface area contributed by atoms with Gasteiger partial charge in [0.05, 0.1) is 0 Å². The molecule has 0 heterocycles. The molecule has 0 aromatic rings. The van der Waals surface area contributed by atoms with Crippen molar-refractivity contribution in [2.75, 3.05) is 13.2 Å². The number of carbonyl (C=O) groups excluding carboxylic acids is 3. The van der Waals surface area contributed by atoms with Crippen LogP contribution >= 0.6 is 0 Å². The number of allylic oxidation sites excluding steroid dienone is 18. The molecule has 422 valence electrons. The third-order valence-corrected chi connectivity index (χ3v) is 13.0. The molecule has 0 amide bonds. The molecule has 74 heavy (non-hydrogen) atoms. The SMILES string of the molecule is CC/C=C\C/C=C\C/C=C\C/C=C\C/C=C\C/C=C\CCCCC(=O)OC(COC(=O)CCCCCCCCCC)COC(=O)CCCCCCCCCCCCCC/C=C\C/C=C\C/C=C\CCCCCCC. The molecule has 1 atom stereocenters. The van der Waals surface area contributed by atoms with Crippen molar-refractivity contribution in [3.05, 3.63) is 109 Å². The van der Waals surface area contributed by atoms with Crippen LogP contribution in [0, 0.1) is 0 Å². The molecule has 6 heteroatoms. The number of ether oxygens (including phenoxy) is 3. The number of unbranched alkanes of at least 4 members (excludes halogenated alkanes) is 26. The van der Waals surface area contributed by atoms with Gasteiger partial charge in [0.15, 0.2) is 6.10 Å². The lowest BCUT2D eigenvalue weighted by molar-refractivity contribution is -0.167. The third-order valence-electron chi connectivity index (χ3n) is 13.0. The minimum absolute atomic E-state index is 0.0959. The second-order valence-corrected chi connectivity index (χ2v) is 20.2. The predicted molar refractivity (Wildman–Crippen MR) is 320 cm³/mol. The maximum atomic E-state index is 12.8. The van der Waals surface area contributed by atoms with Crippen molar-refractivity contribution in [3.8, 4) is 0 Å². The molecule has 0 aliphatic rings. The predicted octanol–water partition coefficient (Wildman–Crippen LogP) is 21.0. The van der Waals surface area contributed by atoms with Crippen LogP contribution in [-0.2, 0) is 28.6 Å². The van der Waals surface area contributed by atoms with Crippen LogP contribution in [-0.4, -0.2) is 37.2 Å². The highest BCUT2D eigenvalue weighted by Crippen LogP contribution is 2.15. The van der Waals surface area contributed by atoms with E-state index in [0.29, 0.717) is 19.3 Å². The molecule has 0 spiro atoms. The van der Waals surface area contributed by atoms with E-state index in [9.17, 15) is 14.4 Å². The van der Waals surface area contributed by atoms with Gasteiger partial charge in [-0.2, -0.15) is 0 Å². The monoisotopic (exact) mass is 1030 g/mol. The Balaban J connectivity index is 4.26. The van der Waals surface area contributed by atoms with Crippen LogP contribution in [0.4, 0.5) is 0 Å². The molecule has 1 unspecified atom stereocenters. The van der Waals surface area contributed by atoms with Crippen LogP contribution in [0.1, 0.15) is 284 Å². The average molecular weight is 1030 g/mol. The molecule has 0 rings (SSSR count). The Bertz CT molecular complexity index is 1510. The first-order chi connectivity index (χ1) is 36.5. The zero-order valence-electron chi connectivity index (χ0n) is 48.3. The Kier molecular flexibility index (Phi) is 58.3. The van der Waals surface area contributed by atoms with E-state index in [1.54, 1.807) is 0 Å². The standard InChI is InChI=1S/C68H114O6/c1-4-7-10-13-16-19-21-23-25-27-29-31-32-33-34-35-36-38-39-41-43-45-47-49-52-55-58-61-67(70)73-64-65(63-72-66(69)60-57-54-51-18-15-12-9-6-3)74-68(71)62-59-56-53-50-48-46-44-42-40-37-30-28-26-24-22-20-17-14-11-8-5-2/h8,11,17,20-21,23-24,26-27,29-30,32-33,37,42,44,48,50,65H,4-7,9-10,12-16,18-19,22,25,28,31,34-36,38-41,43,45-47,49,51-64H2,1-3H3/b11-8-,20-17-,23-21-,26-24-,29-27-,33-32-,37-30-,44-42-,50-48-. The van der Waals surface area contributed by atoms with Gasteiger partial charge in [-0.3, -0.25) is 14.4 Å². The fraction of sp³-hybridized carbons (Fsp3) is 0.691. The Morgan fingerprint density at radius 2 is 0.527 bits per heavy atom. The van der Waals surface area contributed by atoms with Crippen molar-refractivity contribution in [3.63, 3.8) is 0 Å². The summed E-state index contributed by atoms with van der Waals surface area (Å²) in [6, 6.07) is 0. The summed E-state index contributed by atoms with van der Waals surface area (Å²) in [5.41, 5.74) is 0. The summed E-state index contributed by atoms with van der Waals surface area (Å²) in [6.07, 6.45) is 83.9. The van der Waals surface area contributed by atoms with Crippen LogP contribution in [0.15, 0.2) is 109 Å². The lowest BCUT2D eigenvalue weighted by Crippen LogP contribution is -2.30. The van der Waals surface area contributed by atoms with E-state index in [4.69, 9.17) is 14.2 Å². The van der Waals surface area contributed by atoms with Gasteiger partial charge in [-0.05, 0) is 109 Å². The molecule has 0 aromatic carbocycles. The largest absolute Gasteiger partial charge is 0.462 e. The topological polar surface area (TPSA) is 78.9 Å². The van der Waals surface area contributed by atoms with Gasteiger partial charge < -0.3 is 14.2 Å².